The van der Waals surface area contributed by atoms with Crippen LogP contribution >= 0.6 is 0 Å². The molecule has 0 unspecified atom stereocenters. The van der Waals surface area contributed by atoms with Crippen molar-refractivity contribution in [3.8, 4) is 28.4 Å². The Morgan fingerprint density at radius 1 is 1.15 bits per heavy atom. The maximum Gasteiger partial charge on any atom is 0.262 e. The Balaban J connectivity index is 1.99. The molecule has 2 heterocycles. The van der Waals surface area contributed by atoms with E-state index in [1.807, 2.05) is 30.3 Å². The van der Waals surface area contributed by atoms with Gasteiger partial charge < -0.3 is 9.72 Å². The Morgan fingerprint density at radius 3 is 2.65 bits per heavy atom. The molecule has 4 aromatic rings. The van der Waals surface area contributed by atoms with Crippen molar-refractivity contribution in [2.45, 2.75) is 0 Å². The van der Waals surface area contributed by atoms with Crippen LogP contribution in [0.15, 0.2) is 53.3 Å². The first-order chi connectivity index (χ1) is 12.6. The fraction of sp³-hybridized carbons (Fsp3) is 0.105. The van der Waals surface area contributed by atoms with E-state index in [9.17, 15) is 9.18 Å². The molecule has 2 aromatic heterocycles. The molecule has 0 radical (unpaired) electrons. The standard InChI is InChI=1S/C19H15FN4O2/c1-24-18-15(16(23-24)11-6-4-3-5-7-11)19(25)22-17(21-18)13-10-12(20)8-9-14(13)26-2/h3-10H,1-2H3,(H,21,22,25). The van der Waals surface area contributed by atoms with Crippen LogP contribution in [0.1, 0.15) is 0 Å². The molecular formula is C19H15FN4O2. The van der Waals surface area contributed by atoms with E-state index in [1.165, 1.54) is 25.3 Å². The maximum atomic E-state index is 13.7. The highest BCUT2D eigenvalue weighted by atomic mass is 19.1. The van der Waals surface area contributed by atoms with Gasteiger partial charge in [0.15, 0.2) is 5.65 Å². The minimum absolute atomic E-state index is 0.224. The molecule has 0 aliphatic carbocycles. The lowest BCUT2D eigenvalue weighted by molar-refractivity contribution is 0.415. The van der Waals surface area contributed by atoms with Crippen LogP contribution in [0, 0.1) is 5.82 Å². The number of H-pyrrole nitrogens is 1. The van der Waals surface area contributed by atoms with Crippen molar-refractivity contribution >= 4 is 11.0 Å². The van der Waals surface area contributed by atoms with Crippen molar-refractivity contribution in [1.82, 2.24) is 19.7 Å². The number of benzene rings is 2. The zero-order valence-electron chi connectivity index (χ0n) is 14.2. The molecule has 0 spiro atoms. The van der Waals surface area contributed by atoms with Crippen LogP contribution in [-0.2, 0) is 7.05 Å². The molecule has 2 aromatic carbocycles. The summed E-state index contributed by atoms with van der Waals surface area (Å²) in [6, 6.07) is 13.5. The number of ether oxygens (including phenoxy) is 1. The number of nitrogens with one attached hydrogen (secondary N) is 1. The fourth-order valence-corrected chi connectivity index (χ4v) is 2.95. The molecule has 0 aliphatic heterocycles. The average Bonchev–Trinajstić information content (AvgIpc) is 3.00. The van der Waals surface area contributed by atoms with Crippen LogP contribution in [0.25, 0.3) is 33.7 Å². The van der Waals surface area contributed by atoms with Crippen LogP contribution in [0.5, 0.6) is 5.75 Å². The van der Waals surface area contributed by atoms with Crippen molar-refractivity contribution in [3.05, 3.63) is 64.7 Å². The van der Waals surface area contributed by atoms with Gasteiger partial charge in [0.05, 0.1) is 12.7 Å². The molecule has 130 valence electrons. The van der Waals surface area contributed by atoms with Crippen LogP contribution in [0.3, 0.4) is 0 Å². The van der Waals surface area contributed by atoms with Crippen LogP contribution in [0.4, 0.5) is 4.39 Å². The third-order valence-corrected chi connectivity index (χ3v) is 4.16. The Kier molecular flexibility index (Phi) is 3.76. The Hall–Kier alpha value is -3.48. The first kappa shape index (κ1) is 16.0. The Labute approximate surface area is 147 Å². The van der Waals surface area contributed by atoms with Gasteiger partial charge in [-0.25, -0.2) is 14.1 Å². The fourth-order valence-electron chi connectivity index (χ4n) is 2.95. The SMILES string of the molecule is COc1ccc(F)cc1-c1nc2c(c(-c3ccccc3)nn2C)c(=O)[nH]1. The van der Waals surface area contributed by atoms with Gasteiger partial charge in [-0.15, -0.1) is 0 Å². The number of rotatable bonds is 3. The number of hydrogen-bond donors (Lipinski definition) is 1. The summed E-state index contributed by atoms with van der Waals surface area (Å²) in [4.78, 5) is 20.0. The van der Waals surface area contributed by atoms with Gasteiger partial charge in [0.1, 0.15) is 28.5 Å². The van der Waals surface area contributed by atoms with Crippen molar-refractivity contribution in [3.63, 3.8) is 0 Å². The molecule has 1 N–H and O–H groups in total. The van der Waals surface area contributed by atoms with Crippen molar-refractivity contribution in [1.29, 1.82) is 0 Å². The van der Waals surface area contributed by atoms with Crippen LogP contribution < -0.4 is 10.3 Å². The quantitative estimate of drug-likeness (QED) is 0.616. The predicted octanol–water partition coefficient (Wildman–Crippen LogP) is 3.14. The molecular weight excluding hydrogens is 335 g/mol. The topological polar surface area (TPSA) is 72.8 Å². The van der Waals surface area contributed by atoms with Crippen molar-refractivity contribution < 1.29 is 9.13 Å². The van der Waals surface area contributed by atoms with E-state index in [-0.39, 0.29) is 11.4 Å². The van der Waals surface area contributed by atoms with E-state index in [4.69, 9.17) is 4.74 Å². The molecule has 0 saturated heterocycles. The largest absolute Gasteiger partial charge is 0.496 e. The highest BCUT2D eigenvalue weighted by Crippen LogP contribution is 2.30. The highest BCUT2D eigenvalue weighted by molar-refractivity contribution is 5.91. The number of nitrogens with zero attached hydrogens (tertiary/aromatic N) is 3. The van der Waals surface area contributed by atoms with Gasteiger partial charge >= 0.3 is 0 Å². The second kappa shape index (κ2) is 6.11. The number of aromatic nitrogens is 4. The number of halogens is 1. The summed E-state index contributed by atoms with van der Waals surface area (Å²) in [6.07, 6.45) is 0. The summed E-state index contributed by atoms with van der Waals surface area (Å²) < 4.78 is 20.5. The second-order valence-corrected chi connectivity index (χ2v) is 5.80. The lowest BCUT2D eigenvalue weighted by Gasteiger charge is -2.08. The first-order valence-corrected chi connectivity index (χ1v) is 7.95. The van der Waals surface area contributed by atoms with Gasteiger partial charge in [-0.3, -0.25) is 4.79 Å². The molecule has 0 aliphatic rings. The monoisotopic (exact) mass is 350 g/mol. The van der Waals surface area contributed by atoms with Crippen LogP contribution in [-0.4, -0.2) is 26.9 Å². The summed E-state index contributed by atoms with van der Waals surface area (Å²) in [5.74, 6) is 0.194. The van der Waals surface area contributed by atoms with Gasteiger partial charge in [-0.2, -0.15) is 5.10 Å². The van der Waals surface area contributed by atoms with Crippen LogP contribution in [0.2, 0.25) is 0 Å². The molecule has 7 heteroatoms. The number of hydrogen-bond acceptors (Lipinski definition) is 4. The zero-order valence-corrected chi connectivity index (χ0v) is 14.2. The smallest absolute Gasteiger partial charge is 0.262 e. The minimum atomic E-state index is -0.446. The third-order valence-electron chi connectivity index (χ3n) is 4.16. The number of aromatic amines is 1. The summed E-state index contributed by atoms with van der Waals surface area (Å²) >= 11 is 0. The molecule has 4 rings (SSSR count). The van der Waals surface area contributed by atoms with E-state index < -0.39 is 5.82 Å². The molecule has 0 fully saturated rings. The van der Waals surface area contributed by atoms with Gasteiger partial charge in [0.2, 0.25) is 0 Å². The third kappa shape index (κ3) is 2.54. The van der Waals surface area contributed by atoms with Gasteiger partial charge in [0.25, 0.3) is 5.56 Å². The van der Waals surface area contributed by atoms with E-state index in [1.54, 1.807) is 11.7 Å². The molecule has 0 amide bonds. The molecule has 0 saturated carbocycles. The van der Waals surface area contributed by atoms with Gasteiger partial charge in [-0.05, 0) is 18.2 Å². The number of fused-ring (bicyclic) bond motifs is 1. The predicted molar refractivity (Wildman–Crippen MR) is 96.5 cm³/mol. The Morgan fingerprint density at radius 2 is 1.92 bits per heavy atom. The maximum absolute atomic E-state index is 13.7. The lowest BCUT2D eigenvalue weighted by atomic mass is 10.1. The van der Waals surface area contributed by atoms with E-state index in [0.29, 0.717) is 28.0 Å². The normalized spacial score (nSPS) is 11.0. The van der Waals surface area contributed by atoms with E-state index >= 15 is 0 Å². The molecule has 0 atom stereocenters. The second-order valence-electron chi connectivity index (χ2n) is 5.80. The average molecular weight is 350 g/mol. The summed E-state index contributed by atoms with van der Waals surface area (Å²) in [5, 5.41) is 4.83. The van der Waals surface area contributed by atoms with E-state index in [2.05, 4.69) is 15.1 Å². The lowest BCUT2D eigenvalue weighted by Crippen LogP contribution is -2.10. The van der Waals surface area contributed by atoms with Gasteiger partial charge in [-0.1, -0.05) is 30.3 Å². The van der Waals surface area contributed by atoms with E-state index in [0.717, 1.165) is 5.56 Å². The van der Waals surface area contributed by atoms with Gasteiger partial charge in [0, 0.05) is 12.6 Å². The highest BCUT2D eigenvalue weighted by Gasteiger charge is 2.18. The summed E-state index contributed by atoms with van der Waals surface area (Å²) in [5.41, 5.74) is 1.81. The minimum Gasteiger partial charge on any atom is -0.496 e. The molecule has 6 nitrogen and oxygen atoms in total. The summed E-state index contributed by atoms with van der Waals surface area (Å²) in [7, 11) is 3.19. The summed E-state index contributed by atoms with van der Waals surface area (Å²) in [6.45, 7) is 0. The van der Waals surface area contributed by atoms with Crippen molar-refractivity contribution in [2.24, 2.45) is 7.05 Å². The Bertz CT molecular complexity index is 1170. The molecule has 0 bridgehead atoms. The number of methoxy groups -OCH3 is 1. The zero-order chi connectivity index (χ0) is 18.3. The number of aryl methyl sites for hydroxylation is 1. The first-order valence-electron chi connectivity index (χ1n) is 7.95. The molecule has 26 heavy (non-hydrogen) atoms. The van der Waals surface area contributed by atoms with Crippen molar-refractivity contribution in [2.75, 3.05) is 7.11 Å².